The Morgan fingerprint density at radius 1 is 1.07 bits per heavy atom. The summed E-state index contributed by atoms with van der Waals surface area (Å²) in [6, 6.07) is 10.0. The molecule has 0 aliphatic carbocycles. The van der Waals surface area contributed by atoms with Crippen LogP contribution >= 0.6 is 11.3 Å². The van der Waals surface area contributed by atoms with Gasteiger partial charge in [0.05, 0.1) is 11.5 Å². The summed E-state index contributed by atoms with van der Waals surface area (Å²) in [5, 5.41) is 30.7. The molecule has 3 rings (SSSR count). The van der Waals surface area contributed by atoms with Gasteiger partial charge < -0.3 is 24.8 Å². The van der Waals surface area contributed by atoms with Crippen molar-refractivity contribution in [2.75, 3.05) is 6.61 Å². The average molecular weight is 413 g/mol. The molecule has 0 amide bonds. The zero-order valence-corrected chi connectivity index (χ0v) is 17.2. The fourth-order valence-electron chi connectivity index (χ4n) is 2.91. The van der Waals surface area contributed by atoms with Crippen LogP contribution in [0, 0.1) is 0 Å². The van der Waals surface area contributed by atoms with Crippen LogP contribution in [-0.4, -0.2) is 52.7 Å². The molecular weight excluding hydrogens is 383 g/mol. The van der Waals surface area contributed by atoms with Gasteiger partial charge in [-0.25, -0.2) is 4.39 Å². The Morgan fingerprint density at radius 3 is 2.32 bits per heavy atom. The molecule has 1 aromatic carbocycles. The van der Waals surface area contributed by atoms with E-state index in [-0.39, 0.29) is 0 Å². The average Bonchev–Trinajstić information content (AvgIpc) is 3.17. The molecule has 1 fully saturated rings. The van der Waals surface area contributed by atoms with E-state index in [1.807, 2.05) is 19.2 Å². The maximum Gasteiger partial charge on any atom is 0.229 e. The standard InChI is InChI=1S/C19H23FO5S.C2H6/c1-2-11-3-5-12(6-4-11)9-15-13(7-8-26-15)24-19-18(23)16(20)17(22)14(10-21)25-19;1-2/h3-8,14,16-19,21-23H,2,9-10H2,1H3;1-2H3. The van der Waals surface area contributed by atoms with E-state index in [1.54, 1.807) is 6.07 Å². The molecule has 0 radical (unpaired) electrons. The highest BCUT2D eigenvalue weighted by Crippen LogP contribution is 2.32. The second-order valence-corrected chi connectivity index (χ2v) is 7.32. The Balaban J connectivity index is 0.00000136. The number of alkyl halides is 1. The molecule has 2 heterocycles. The molecule has 2 aromatic rings. The molecule has 7 heteroatoms. The van der Waals surface area contributed by atoms with Crippen molar-refractivity contribution in [2.45, 2.75) is 64.4 Å². The maximum atomic E-state index is 14.0. The number of aryl methyl sites for hydroxylation is 1. The first-order chi connectivity index (χ1) is 13.5. The van der Waals surface area contributed by atoms with Gasteiger partial charge in [0.1, 0.15) is 24.1 Å². The molecule has 5 unspecified atom stereocenters. The van der Waals surface area contributed by atoms with Crippen LogP contribution in [0.3, 0.4) is 0 Å². The van der Waals surface area contributed by atoms with Crippen LogP contribution in [0.4, 0.5) is 4.39 Å². The first-order valence-corrected chi connectivity index (χ1v) is 10.5. The van der Waals surface area contributed by atoms with E-state index in [0.29, 0.717) is 12.2 Å². The smallest absolute Gasteiger partial charge is 0.229 e. The van der Waals surface area contributed by atoms with E-state index in [4.69, 9.17) is 9.47 Å². The predicted molar refractivity (Wildman–Crippen MR) is 108 cm³/mol. The Hall–Kier alpha value is -1.51. The number of hydrogen-bond acceptors (Lipinski definition) is 6. The summed E-state index contributed by atoms with van der Waals surface area (Å²) in [5.41, 5.74) is 2.38. The van der Waals surface area contributed by atoms with Crippen molar-refractivity contribution in [1.29, 1.82) is 0 Å². The van der Waals surface area contributed by atoms with Gasteiger partial charge in [-0.1, -0.05) is 45.0 Å². The summed E-state index contributed by atoms with van der Waals surface area (Å²) in [6.07, 6.45) is -5.98. The topological polar surface area (TPSA) is 79.2 Å². The lowest BCUT2D eigenvalue weighted by molar-refractivity contribution is -0.265. The van der Waals surface area contributed by atoms with Gasteiger partial charge in [-0.15, -0.1) is 11.3 Å². The number of hydrogen-bond donors (Lipinski definition) is 3. The second-order valence-electron chi connectivity index (χ2n) is 6.32. The Bertz CT molecular complexity index is 703. The van der Waals surface area contributed by atoms with Crippen molar-refractivity contribution in [3.8, 4) is 5.75 Å². The van der Waals surface area contributed by atoms with E-state index in [2.05, 4.69) is 31.2 Å². The third-order valence-corrected chi connectivity index (χ3v) is 5.45. The van der Waals surface area contributed by atoms with E-state index in [9.17, 15) is 19.7 Å². The van der Waals surface area contributed by atoms with Gasteiger partial charge in [-0.3, -0.25) is 0 Å². The van der Waals surface area contributed by atoms with Crippen LogP contribution in [0.25, 0.3) is 0 Å². The van der Waals surface area contributed by atoms with Gasteiger partial charge in [-0.2, -0.15) is 0 Å². The lowest BCUT2D eigenvalue weighted by atomic mass is 10.0. The molecular formula is C21H29FO5S. The third-order valence-electron chi connectivity index (χ3n) is 4.54. The summed E-state index contributed by atoms with van der Waals surface area (Å²) in [6.45, 7) is 5.54. The van der Waals surface area contributed by atoms with Crippen LogP contribution in [0.5, 0.6) is 5.75 Å². The molecule has 5 atom stereocenters. The number of ether oxygens (including phenoxy) is 2. The fourth-order valence-corrected chi connectivity index (χ4v) is 3.74. The van der Waals surface area contributed by atoms with Gasteiger partial charge in [0.2, 0.25) is 6.29 Å². The SMILES string of the molecule is CC.CCc1ccc(Cc2sccc2OC2OC(CO)C(O)C(F)C2O)cc1. The van der Waals surface area contributed by atoms with Gasteiger partial charge in [0.25, 0.3) is 0 Å². The van der Waals surface area contributed by atoms with E-state index >= 15 is 0 Å². The molecule has 0 bridgehead atoms. The van der Waals surface area contributed by atoms with Crippen LogP contribution in [-0.2, 0) is 17.6 Å². The summed E-state index contributed by atoms with van der Waals surface area (Å²) >= 11 is 1.50. The summed E-state index contributed by atoms with van der Waals surface area (Å²) in [4.78, 5) is 0.923. The Kier molecular flexibility index (Phi) is 8.85. The Morgan fingerprint density at radius 2 is 1.71 bits per heavy atom. The molecule has 156 valence electrons. The molecule has 1 aromatic heterocycles. The van der Waals surface area contributed by atoms with Crippen molar-refractivity contribution >= 4 is 11.3 Å². The number of halogens is 1. The van der Waals surface area contributed by atoms with Gasteiger partial charge in [-0.05, 0) is 29.0 Å². The van der Waals surface area contributed by atoms with Gasteiger partial charge >= 0.3 is 0 Å². The zero-order valence-electron chi connectivity index (χ0n) is 16.4. The number of aliphatic hydroxyl groups is 3. The minimum Gasteiger partial charge on any atom is -0.461 e. The highest BCUT2D eigenvalue weighted by Gasteiger charge is 2.46. The van der Waals surface area contributed by atoms with Gasteiger partial charge in [0, 0.05) is 6.42 Å². The molecule has 5 nitrogen and oxygen atoms in total. The van der Waals surface area contributed by atoms with Gasteiger partial charge in [0.15, 0.2) is 6.17 Å². The molecule has 1 saturated heterocycles. The minimum atomic E-state index is -1.95. The number of aliphatic hydroxyl groups excluding tert-OH is 3. The monoisotopic (exact) mass is 412 g/mol. The summed E-state index contributed by atoms with van der Waals surface area (Å²) in [5.74, 6) is 0.499. The summed E-state index contributed by atoms with van der Waals surface area (Å²) in [7, 11) is 0. The van der Waals surface area contributed by atoms with Crippen LogP contribution in [0.2, 0.25) is 0 Å². The molecule has 0 saturated carbocycles. The number of benzene rings is 1. The second kappa shape index (κ2) is 10.9. The highest BCUT2D eigenvalue weighted by molar-refractivity contribution is 7.10. The lowest BCUT2D eigenvalue weighted by Crippen LogP contribution is -2.58. The zero-order chi connectivity index (χ0) is 20.7. The highest BCUT2D eigenvalue weighted by atomic mass is 32.1. The fraction of sp³-hybridized carbons (Fsp3) is 0.524. The van der Waals surface area contributed by atoms with Crippen LogP contribution in [0.15, 0.2) is 35.7 Å². The van der Waals surface area contributed by atoms with Crippen molar-refractivity contribution in [3.63, 3.8) is 0 Å². The van der Waals surface area contributed by atoms with Crippen molar-refractivity contribution in [2.24, 2.45) is 0 Å². The van der Waals surface area contributed by atoms with Crippen molar-refractivity contribution < 1.29 is 29.2 Å². The molecule has 1 aliphatic rings. The maximum absolute atomic E-state index is 14.0. The third kappa shape index (κ3) is 5.30. The summed E-state index contributed by atoms with van der Waals surface area (Å²) < 4.78 is 25.1. The van der Waals surface area contributed by atoms with E-state index in [1.165, 1.54) is 16.9 Å². The first kappa shape index (κ1) is 22.8. The van der Waals surface area contributed by atoms with Crippen LogP contribution < -0.4 is 4.74 Å². The lowest BCUT2D eigenvalue weighted by Gasteiger charge is -2.38. The van der Waals surface area contributed by atoms with E-state index in [0.717, 1.165) is 16.9 Å². The van der Waals surface area contributed by atoms with Crippen molar-refractivity contribution in [1.82, 2.24) is 0 Å². The minimum absolute atomic E-state index is 0.499. The van der Waals surface area contributed by atoms with E-state index < -0.39 is 37.4 Å². The first-order valence-electron chi connectivity index (χ1n) is 9.60. The normalized spacial score (nSPS) is 27.0. The predicted octanol–water partition coefficient (Wildman–Crippen LogP) is 3.08. The molecule has 0 spiro atoms. The van der Waals surface area contributed by atoms with Crippen LogP contribution in [0.1, 0.15) is 36.8 Å². The molecule has 1 aliphatic heterocycles. The quantitative estimate of drug-likeness (QED) is 0.680. The Labute approximate surface area is 169 Å². The number of rotatable bonds is 6. The number of thiophene rings is 1. The molecule has 3 N–H and O–H groups in total. The largest absolute Gasteiger partial charge is 0.461 e. The molecule has 28 heavy (non-hydrogen) atoms. The van der Waals surface area contributed by atoms with Crippen molar-refractivity contribution in [3.05, 3.63) is 51.7 Å².